The third-order valence-corrected chi connectivity index (χ3v) is 6.80. The van der Waals surface area contributed by atoms with E-state index in [0.717, 1.165) is 34.7 Å². The Hall–Kier alpha value is -4.45. The first-order chi connectivity index (χ1) is 18.8. The Balaban J connectivity index is 1.58. The Morgan fingerprint density at radius 1 is 0.872 bits per heavy atom. The van der Waals surface area contributed by atoms with Gasteiger partial charge in [-0.2, -0.15) is 5.10 Å². The minimum Gasteiger partial charge on any atom is -0.497 e. The van der Waals surface area contributed by atoms with E-state index in [1.807, 2.05) is 94.3 Å². The van der Waals surface area contributed by atoms with E-state index < -0.39 is 0 Å². The lowest BCUT2D eigenvalue weighted by Gasteiger charge is -2.23. The second-order valence-electron chi connectivity index (χ2n) is 10.8. The number of hydrogen-bond acceptors (Lipinski definition) is 4. The molecule has 0 aliphatic heterocycles. The average molecular weight is 519 g/mol. The van der Waals surface area contributed by atoms with Crippen LogP contribution in [-0.4, -0.2) is 39.1 Å². The molecule has 0 unspecified atom stereocenters. The van der Waals surface area contributed by atoms with Crippen LogP contribution in [0.15, 0.2) is 97.1 Å². The molecule has 5 aromatic rings. The van der Waals surface area contributed by atoms with Gasteiger partial charge in [0.05, 0.1) is 18.5 Å². The van der Waals surface area contributed by atoms with E-state index >= 15 is 0 Å². The standard InChI is InChI=1S/C33H34N4O2/c1-33(2,3)30-22-31-34-28(21-29(37(31)35-30)26-16-11-17-27(20-26)39-4)32(38)36(23-25-14-9-6-10-15-25)19-18-24-12-7-5-8-13-24/h5-17,20-22H,18-19,23H2,1-4H3. The van der Waals surface area contributed by atoms with Gasteiger partial charge in [0, 0.05) is 30.1 Å². The van der Waals surface area contributed by atoms with Crippen LogP contribution in [0, 0.1) is 0 Å². The number of aromatic nitrogens is 3. The molecular weight excluding hydrogens is 484 g/mol. The van der Waals surface area contributed by atoms with Crippen molar-refractivity contribution in [2.24, 2.45) is 0 Å². The summed E-state index contributed by atoms with van der Waals surface area (Å²) in [5.41, 5.74) is 5.74. The smallest absolute Gasteiger partial charge is 0.272 e. The lowest BCUT2D eigenvalue weighted by atomic mass is 9.93. The summed E-state index contributed by atoms with van der Waals surface area (Å²) in [6, 6.07) is 32.0. The molecule has 0 saturated carbocycles. The maximum absolute atomic E-state index is 14.1. The predicted octanol–water partition coefficient (Wildman–Crippen LogP) is 6.59. The fraction of sp³-hybridized carbons (Fsp3) is 0.242. The Bertz CT molecular complexity index is 1570. The van der Waals surface area contributed by atoms with Crippen molar-refractivity contribution in [2.45, 2.75) is 39.2 Å². The molecule has 198 valence electrons. The van der Waals surface area contributed by atoms with E-state index in [1.165, 1.54) is 5.56 Å². The summed E-state index contributed by atoms with van der Waals surface area (Å²) in [6.45, 7) is 7.44. The molecule has 2 heterocycles. The second kappa shape index (κ2) is 11.1. The molecule has 3 aromatic carbocycles. The quantitative estimate of drug-likeness (QED) is 0.233. The van der Waals surface area contributed by atoms with Crippen molar-refractivity contribution in [1.29, 1.82) is 0 Å². The zero-order chi connectivity index (χ0) is 27.4. The molecule has 0 aliphatic rings. The summed E-state index contributed by atoms with van der Waals surface area (Å²) in [6.07, 6.45) is 0.755. The molecule has 0 radical (unpaired) electrons. The van der Waals surface area contributed by atoms with Crippen LogP contribution in [0.3, 0.4) is 0 Å². The Morgan fingerprint density at radius 2 is 1.56 bits per heavy atom. The highest BCUT2D eigenvalue weighted by Gasteiger charge is 2.24. The third-order valence-electron chi connectivity index (χ3n) is 6.80. The normalized spacial score (nSPS) is 11.5. The average Bonchev–Trinajstić information content (AvgIpc) is 3.41. The topological polar surface area (TPSA) is 59.7 Å². The molecule has 0 bridgehead atoms. The van der Waals surface area contributed by atoms with Gasteiger partial charge in [-0.25, -0.2) is 9.50 Å². The van der Waals surface area contributed by atoms with E-state index in [0.29, 0.717) is 24.4 Å². The van der Waals surface area contributed by atoms with Crippen molar-refractivity contribution in [3.05, 3.63) is 120 Å². The summed E-state index contributed by atoms with van der Waals surface area (Å²) in [5.74, 6) is 0.627. The number of nitrogens with zero attached hydrogens (tertiary/aromatic N) is 4. The van der Waals surface area contributed by atoms with Crippen LogP contribution in [-0.2, 0) is 18.4 Å². The van der Waals surface area contributed by atoms with Crippen molar-refractivity contribution in [3.63, 3.8) is 0 Å². The number of benzene rings is 3. The summed E-state index contributed by atoms with van der Waals surface area (Å²) < 4.78 is 7.31. The maximum Gasteiger partial charge on any atom is 0.272 e. The number of ether oxygens (including phenoxy) is 1. The lowest BCUT2D eigenvalue weighted by Crippen LogP contribution is -2.33. The minimum atomic E-state index is -0.168. The van der Waals surface area contributed by atoms with Crippen molar-refractivity contribution in [2.75, 3.05) is 13.7 Å². The number of amides is 1. The first-order valence-corrected chi connectivity index (χ1v) is 13.2. The van der Waals surface area contributed by atoms with Gasteiger partial charge in [0.25, 0.3) is 5.91 Å². The SMILES string of the molecule is COc1cccc(-c2cc(C(=O)N(CCc3ccccc3)Cc3ccccc3)nc3cc(C(C)(C)C)nn23)c1. The fourth-order valence-corrected chi connectivity index (χ4v) is 4.57. The van der Waals surface area contributed by atoms with Crippen LogP contribution >= 0.6 is 0 Å². The minimum absolute atomic E-state index is 0.111. The van der Waals surface area contributed by atoms with Crippen molar-refractivity contribution >= 4 is 11.6 Å². The van der Waals surface area contributed by atoms with Gasteiger partial charge in [-0.05, 0) is 35.7 Å². The molecule has 1 amide bonds. The van der Waals surface area contributed by atoms with Crippen LogP contribution in [0.4, 0.5) is 0 Å². The van der Waals surface area contributed by atoms with E-state index in [1.54, 1.807) is 7.11 Å². The summed E-state index contributed by atoms with van der Waals surface area (Å²) >= 11 is 0. The number of rotatable bonds is 8. The van der Waals surface area contributed by atoms with Crippen LogP contribution in [0.2, 0.25) is 0 Å². The highest BCUT2D eigenvalue weighted by Crippen LogP contribution is 2.28. The molecular formula is C33H34N4O2. The molecule has 0 N–H and O–H groups in total. The second-order valence-corrected chi connectivity index (χ2v) is 10.8. The number of methoxy groups -OCH3 is 1. The summed E-state index contributed by atoms with van der Waals surface area (Å²) in [4.78, 5) is 20.9. The zero-order valence-corrected chi connectivity index (χ0v) is 23.0. The number of hydrogen-bond donors (Lipinski definition) is 0. The number of carbonyl (C=O) groups is 1. The van der Waals surface area contributed by atoms with E-state index in [4.69, 9.17) is 14.8 Å². The van der Waals surface area contributed by atoms with Crippen LogP contribution in [0.5, 0.6) is 5.75 Å². The Morgan fingerprint density at radius 3 is 2.23 bits per heavy atom. The molecule has 6 nitrogen and oxygen atoms in total. The molecule has 0 spiro atoms. The van der Waals surface area contributed by atoms with Crippen LogP contribution in [0.25, 0.3) is 16.9 Å². The zero-order valence-electron chi connectivity index (χ0n) is 23.0. The molecule has 5 rings (SSSR count). The Labute approximate surface area is 229 Å². The van der Waals surface area contributed by atoms with Gasteiger partial charge in [0.15, 0.2) is 5.65 Å². The molecule has 0 saturated heterocycles. The van der Waals surface area contributed by atoms with Crippen molar-refractivity contribution in [1.82, 2.24) is 19.5 Å². The first kappa shape index (κ1) is 26.2. The third kappa shape index (κ3) is 6.01. The first-order valence-electron chi connectivity index (χ1n) is 13.2. The van der Waals surface area contributed by atoms with E-state index in [9.17, 15) is 4.79 Å². The summed E-state index contributed by atoms with van der Waals surface area (Å²) in [5, 5.41) is 4.89. The monoisotopic (exact) mass is 518 g/mol. The summed E-state index contributed by atoms with van der Waals surface area (Å²) in [7, 11) is 1.65. The predicted molar refractivity (Wildman–Crippen MR) is 155 cm³/mol. The van der Waals surface area contributed by atoms with Crippen LogP contribution < -0.4 is 4.74 Å². The van der Waals surface area contributed by atoms with E-state index in [-0.39, 0.29) is 11.3 Å². The van der Waals surface area contributed by atoms with Crippen molar-refractivity contribution < 1.29 is 9.53 Å². The largest absolute Gasteiger partial charge is 0.497 e. The molecule has 0 atom stereocenters. The van der Waals surface area contributed by atoms with Gasteiger partial charge in [0.2, 0.25) is 0 Å². The lowest BCUT2D eigenvalue weighted by molar-refractivity contribution is 0.0739. The Kier molecular flexibility index (Phi) is 7.46. The molecule has 2 aromatic heterocycles. The van der Waals surface area contributed by atoms with Gasteiger partial charge in [-0.3, -0.25) is 4.79 Å². The van der Waals surface area contributed by atoms with Crippen LogP contribution in [0.1, 0.15) is 48.1 Å². The number of carbonyl (C=O) groups excluding carboxylic acids is 1. The van der Waals surface area contributed by atoms with Gasteiger partial charge in [-0.1, -0.05) is 93.6 Å². The van der Waals surface area contributed by atoms with Gasteiger partial charge in [0.1, 0.15) is 11.4 Å². The maximum atomic E-state index is 14.1. The molecule has 39 heavy (non-hydrogen) atoms. The highest BCUT2D eigenvalue weighted by molar-refractivity contribution is 5.94. The van der Waals surface area contributed by atoms with Gasteiger partial charge in [-0.15, -0.1) is 0 Å². The molecule has 0 fully saturated rings. The molecule has 0 aliphatic carbocycles. The highest BCUT2D eigenvalue weighted by atomic mass is 16.5. The molecule has 6 heteroatoms. The van der Waals surface area contributed by atoms with Gasteiger partial charge >= 0.3 is 0 Å². The number of fused-ring (bicyclic) bond motifs is 1. The van der Waals surface area contributed by atoms with Gasteiger partial charge < -0.3 is 9.64 Å². The van der Waals surface area contributed by atoms with E-state index in [2.05, 4.69) is 32.9 Å². The van der Waals surface area contributed by atoms with Crippen molar-refractivity contribution in [3.8, 4) is 17.0 Å². The fourth-order valence-electron chi connectivity index (χ4n) is 4.57.